The van der Waals surface area contributed by atoms with E-state index in [-0.39, 0.29) is 22.6 Å². The van der Waals surface area contributed by atoms with Crippen LogP contribution in [0.3, 0.4) is 0 Å². The molecule has 0 radical (unpaired) electrons. The lowest BCUT2D eigenvalue weighted by atomic mass is 9.65. The number of carbonyl (C=O) groups is 1. The molecular weight excluding hydrogens is 436 g/mol. The van der Waals surface area contributed by atoms with Crippen LogP contribution in [0.1, 0.15) is 32.1 Å². The molecule has 4 atom stereocenters. The predicted octanol–water partition coefficient (Wildman–Crippen LogP) is 4.71. The van der Waals surface area contributed by atoms with Crippen molar-refractivity contribution in [2.75, 3.05) is 11.6 Å². The fourth-order valence-electron chi connectivity index (χ4n) is 5.28. The summed E-state index contributed by atoms with van der Waals surface area (Å²) >= 11 is 1.13. The van der Waals surface area contributed by atoms with E-state index >= 15 is 4.39 Å². The highest BCUT2D eigenvalue weighted by Gasteiger charge is 2.43. The first-order valence-electron chi connectivity index (χ1n) is 10.7. The molecule has 2 aliphatic rings. The van der Waals surface area contributed by atoms with Gasteiger partial charge in [-0.15, -0.1) is 11.8 Å². The summed E-state index contributed by atoms with van der Waals surface area (Å²) in [6, 6.07) is 0.925. The number of hydrogen-bond donors (Lipinski definition) is 3. The quantitative estimate of drug-likeness (QED) is 0.375. The van der Waals surface area contributed by atoms with E-state index in [9.17, 15) is 14.3 Å². The molecule has 0 spiro atoms. The summed E-state index contributed by atoms with van der Waals surface area (Å²) in [5.74, 6) is -1.79. The molecule has 32 heavy (non-hydrogen) atoms. The Balaban J connectivity index is 1.56. The molecule has 0 amide bonds. The van der Waals surface area contributed by atoms with Crippen molar-refractivity contribution in [3.8, 4) is 11.4 Å². The highest BCUT2D eigenvalue weighted by molar-refractivity contribution is 7.98. The molecule has 0 saturated heterocycles. The number of anilines is 1. The summed E-state index contributed by atoms with van der Waals surface area (Å²) in [4.78, 5) is 27.7. The zero-order valence-electron chi connectivity index (χ0n) is 17.4. The fourth-order valence-corrected chi connectivity index (χ4v) is 5.73. The second-order valence-corrected chi connectivity index (χ2v) is 9.41. The Labute approximate surface area is 187 Å². The number of carboxylic acids is 1. The summed E-state index contributed by atoms with van der Waals surface area (Å²) in [6.07, 6.45) is 9.01. The number of thioether (sulfide) groups is 1. The lowest BCUT2D eigenvalue weighted by molar-refractivity contribution is -0.145. The van der Waals surface area contributed by atoms with Gasteiger partial charge in [-0.1, -0.05) is 12.8 Å². The van der Waals surface area contributed by atoms with E-state index in [1.54, 1.807) is 12.5 Å². The number of nitrogens with zero attached hydrogens (tertiary/aromatic N) is 3. The van der Waals surface area contributed by atoms with Crippen LogP contribution in [0.25, 0.3) is 22.4 Å². The monoisotopic (exact) mass is 459 g/mol. The number of carboxylic acid groups (broad SMARTS) is 1. The van der Waals surface area contributed by atoms with Crippen molar-refractivity contribution in [3.05, 3.63) is 30.1 Å². The zero-order valence-corrected chi connectivity index (χ0v) is 18.3. The predicted molar refractivity (Wildman–Crippen MR) is 117 cm³/mol. The van der Waals surface area contributed by atoms with Gasteiger partial charge in [0.1, 0.15) is 16.5 Å². The van der Waals surface area contributed by atoms with Gasteiger partial charge in [0.2, 0.25) is 0 Å². The van der Waals surface area contributed by atoms with Crippen molar-refractivity contribution in [1.82, 2.24) is 19.9 Å². The van der Waals surface area contributed by atoms with Crippen LogP contribution in [-0.2, 0) is 4.79 Å². The van der Waals surface area contributed by atoms with Crippen LogP contribution < -0.4 is 5.32 Å². The van der Waals surface area contributed by atoms with Crippen LogP contribution in [0.2, 0.25) is 0 Å². The zero-order chi connectivity index (χ0) is 22.4. The maximum absolute atomic E-state index is 15.2. The van der Waals surface area contributed by atoms with Crippen LogP contribution in [-0.4, -0.2) is 43.3 Å². The number of nitrogens with one attached hydrogen (secondary N) is 2. The molecule has 168 valence electrons. The van der Waals surface area contributed by atoms with Crippen molar-refractivity contribution in [3.63, 3.8) is 0 Å². The van der Waals surface area contributed by atoms with Crippen molar-refractivity contribution in [1.29, 1.82) is 0 Å². The topological polar surface area (TPSA) is 104 Å². The minimum Gasteiger partial charge on any atom is -0.481 e. The molecule has 2 fully saturated rings. The number of hydrogen-bond acceptors (Lipinski definition) is 6. The van der Waals surface area contributed by atoms with Crippen molar-refractivity contribution < 1.29 is 18.7 Å². The second kappa shape index (κ2) is 8.31. The van der Waals surface area contributed by atoms with Gasteiger partial charge in [-0.25, -0.2) is 19.3 Å². The Morgan fingerprint density at radius 2 is 2.12 bits per heavy atom. The highest BCUT2D eigenvalue weighted by Crippen LogP contribution is 2.44. The van der Waals surface area contributed by atoms with Gasteiger partial charge in [0.15, 0.2) is 17.5 Å². The molecule has 3 aromatic heterocycles. The number of aromatic nitrogens is 4. The SMILES string of the molecule is CSc1nc(-c2c[nH]c3ncc(F)cc23)nc(N[C@H]2C3CCCC(C3)C[C@@H]2C(=O)O)c1F. The Morgan fingerprint density at radius 3 is 2.91 bits per heavy atom. The van der Waals surface area contributed by atoms with Gasteiger partial charge >= 0.3 is 5.97 Å². The fraction of sp³-hybridized carbons (Fsp3) is 0.455. The van der Waals surface area contributed by atoms with Crippen molar-refractivity contribution in [2.24, 2.45) is 17.8 Å². The maximum Gasteiger partial charge on any atom is 0.308 e. The smallest absolute Gasteiger partial charge is 0.308 e. The van der Waals surface area contributed by atoms with Gasteiger partial charge < -0.3 is 15.4 Å². The largest absolute Gasteiger partial charge is 0.481 e. The summed E-state index contributed by atoms with van der Waals surface area (Å²) in [7, 11) is 0. The summed E-state index contributed by atoms with van der Waals surface area (Å²) < 4.78 is 29.0. The standard InChI is InChI=1S/C22H23F2N5O2S/c1-32-21-16(24)20(27-17-11-4-2-3-10(5-11)6-14(17)22(30)31)28-19(29-21)15-9-26-18-13(15)7-12(23)8-25-18/h7-11,14,17H,2-6H2,1H3,(H,25,26)(H,30,31)(H,27,28,29)/t10?,11?,14-,17-/m0/s1. The average Bonchev–Trinajstić information content (AvgIpc) is 3.19. The Bertz CT molecular complexity index is 1190. The number of halogens is 2. The number of H-pyrrole nitrogens is 1. The molecule has 2 bridgehead atoms. The van der Waals surface area contributed by atoms with Crippen LogP contribution in [0.5, 0.6) is 0 Å². The normalized spacial score (nSPS) is 25.1. The molecule has 10 heteroatoms. The Morgan fingerprint density at radius 1 is 1.28 bits per heavy atom. The van der Waals surface area contributed by atoms with Crippen molar-refractivity contribution in [2.45, 2.75) is 43.2 Å². The van der Waals surface area contributed by atoms with E-state index < -0.39 is 29.6 Å². The van der Waals surface area contributed by atoms with Crippen LogP contribution in [0.4, 0.5) is 14.6 Å². The van der Waals surface area contributed by atoms with Gasteiger partial charge in [0, 0.05) is 23.2 Å². The molecule has 0 aromatic carbocycles. The van der Waals surface area contributed by atoms with Crippen LogP contribution in [0.15, 0.2) is 23.5 Å². The lowest BCUT2D eigenvalue weighted by Crippen LogP contribution is -2.47. The van der Waals surface area contributed by atoms with E-state index in [2.05, 4.69) is 25.3 Å². The number of pyridine rings is 1. The van der Waals surface area contributed by atoms with Gasteiger partial charge in [-0.3, -0.25) is 4.79 Å². The molecule has 5 rings (SSSR count). The number of aromatic amines is 1. The maximum atomic E-state index is 15.2. The van der Waals surface area contributed by atoms with Gasteiger partial charge in [-0.2, -0.15) is 4.39 Å². The molecule has 3 aromatic rings. The molecule has 3 N–H and O–H groups in total. The third-order valence-corrected chi connectivity index (χ3v) is 7.38. The molecule has 2 unspecified atom stereocenters. The van der Waals surface area contributed by atoms with Crippen LogP contribution in [0, 0.1) is 29.4 Å². The van der Waals surface area contributed by atoms with E-state index in [1.807, 2.05) is 0 Å². The van der Waals surface area contributed by atoms with Crippen LogP contribution >= 0.6 is 11.8 Å². The first-order chi connectivity index (χ1) is 15.4. The first kappa shape index (κ1) is 21.1. The minimum absolute atomic E-state index is 0.0154. The second-order valence-electron chi connectivity index (χ2n) is 8.61. The molecule has 7 nitrogen and oxygen atoms in total. The molecule has 2 aliphatic carbocycles. The van der Waals surface area contributed by atoms with E-state index in [0.29, 0.717) is 28.9 Å². The lowest BCUT2D eigenvalue weighted by Gasteiger charge is -2.44. The van der Waals surface area contributed by atoms with Gasteiger partial charge in [0.25, 0.3) is 0 Å². The van der Waals surface area contributed by atoms with E-state index in [4.69, 9.17) is 0 Å². The highest BCUT2D eigenvalue weighted by atomic mass is 32.2. The molecular formula is C22H23F2N5O2S. The van der Waals surface area contributed by atoms with E-state index in [1.165, 1.54) is 6.07 Å². The summed E-state index contributed by atoms with van der Waals surface area (Å²) in [5.41, 5.74) is 0.975. The first-order valence-corrected chi connectivity index (χ1v) is 11.9. The average molecular weight is 460 g/mol. The Kier molecular flexibility index (Phi) is 5.48. The Hall–Kier alpha value is -2.75. The molecule has 2 saturated carbocycles. The van der Waals surface area contributed by atoms with Crippen molar-refractivity contribution >= 4 is 34.6 Å². The van der Waals surface area contributed by atoms with Gasteiger partial charge in [-0.05, 0) is 43.4 Å². The third-order valence-electron chi connectivity index (χ3n) is 6.73. The molecule has 0 aliphatic heterocycles. The third kappa shape index (κ3) is 3.70. The summed E-state index contributed by atoms with van der Waals surface area (Å²) in [5, 5.41) is 13.6. The van der Waals surface area contributed by atoms with Gasteiger partial charge in [0.05, 0.1) is 12.1 Å². The minimum atomic E-state index is -0.864. The number of fused-ring (bicyclic) bond motifs is 3. The summed E-state index contributed by atoms with van der Waals surface area (Å²) in [6.45, 7) is 0. The number of rotatable bonds is 5. The van der Waals surface area contributed by atoms with E-state index in [0.717, 1.165) is 43.6 Å². The number of aliphatic carboxylic acids is 1. The molecule has 3 heterocycles.